The van der Waals surface area contributed by atoms with Crippen molar-refractivity contribution < 1.29 is 9.59 Å². The van der Waals surface area contributed by atoms with Crippen LogP contribution >= 0.6 is 0 Å². The van der Waals surface area contributed by atoms with Gasteiger partial charge < -0.3 is 5.73 Å². The fraction of sp³-hybridized carbons (Fsp3) is 0.529. The predicted octanol–water partition coefficient (Wildman–Crippen LogP) is 2.38. The van der Waals surface area contributed by atoms with Crippen LogP contribution in [-0.4, -0.2) is 36.2 Å². The second kappa shape index (κ2) is 7.93. The van der Waals surface area contributed by atoms with Crippen LogP contribution in [0.4, 0.5) is 0 Å². The standard InChI is InChI=1S/C17H26N2O2/c1-5-6-7-19(11-17(18)21)10-16(20)15-9-13(3)12(2)8-14(15)4/h8-9H,5-7,10-11H2,1-4H3,(H2,18,21). The number of primary amides is 1. The SMILES string of the molecule is CCCCN(CC(N)=O)CC(=O)c1cc(C)c(C)cc1C. The van der Waals surface area contributed by atoms with Crippen LogP contribution in [0.3, 0.4) is 0 Å². The third kappa shape index (κ3) is 5.31. The number of ketones is 1. The molecule has 0 aliphatic rings. The van der Waals surface area contributed by atoms with E-state index in [0.717, 1.165) is 36.1 Å². The summed E-state index contributed by atoms with van der Waals surface area (Å²) >= 11 is 0. The number of amides is 1. The summed E-state index contributed by atoms with van der Waals surface area (Å²) in [5.41, 5.74) is 9.28. The van der Waals surface area contributed by atoms with E-state index < -0.39 is 5.91 Å². The third-order valence-corrected chi connectivity index (χ3v) is 3.72. The van der Waals surface area contributed by atoms with Crippen LogP contribution in [0, 0.1) is 20.8 Å². The Morgan fingerprint density at radius 3 is 2.24 bits per heavy atom. The zero-order valence-electron chi connectivity index (χ0n) is 13.5. The molecule has 1 aromatic rings. The first-order valence-corrected chi connectivity index (χ1v) is 7.46. The Kier molecular flexibility index (Phi) is 6.56. The molecule has 0 fully saturated rings. The van der Waals surface area contributed by atoms with Crippen LogP contribution in [0.5, 0.6) is 0 Å². The first kappa shape index (κ1) is 17.4. The lowest BCUT2D eigenvalue weighted by Crippen LogP contribution is -2.38. The predicted molar refractivity (Wildman–Crippen MR) is 85.5 cm³/mol. The van der Waals surface area contributed by atoms with Crippen molar-refractivity contribution in [3.63, 3.8) is 0 Å². The van der Waals surface area contributed by atoms with Gasteiger partial charge >= 0.3 is 0 Å². The highest BCUT2D eigenvalue weighted by Crippen LogP contribution is 2.16. The average molecular weight is 290 g/mol. The van der Waals surface area contributed by atoms with Gasteiger partial charge in [0.25, 0.3) is 0 Å². The highest BCUT2D eigenvalue weighted by Gasteiger charge is 2.16. The van der Waals surface area contributed by atoms with Crippen molar-refractivity contribution in [2.24, 2.45) is 5.73 Å². The van der Waals surface area contributed by atoms with Gasteiger partial charge in [-0.2, -0.15) is 0 Å². The van der Waals surface area contributed by atoms with Crippen LogP contribution in [0.2, 0.25) is 0 Å². The van der Waals surface area contributed by atoms with Crippen LogP contribution < -0.4 is 5.73 Å². The molecule has 4 heteroatoms. The van der Waals surface area contributed by atoms with E-state index in [9.17, 15) is 9.59 Å². The smallest absolute Gasteiger partial charge is 0.231 e. The summed E-state index contributed by atoms with van der Waals surface area (Å²) in [5, 5.41) is 0. The van der Waals surface area contributed by atoms with E-state index in [4.69, 9.17) is 5.73 Å². The maximum Gasteiger partial charge on any atom is 0.231 e. The lowest BCUT2D eigenvalue weighted by Gasteiger charge is -2.20. The van der Waals surface area contributed by atoms with Gasteiger partial charge in [0.15, 0.2) is 5.78 Å². The number of aryl methyl sites for hydroxylation is 3. The Bertz CT molecular complexity index is 524. The molecule has 0 radical (unpaired) electrons. The minimum Gasteiger partial charge on any atom is -0.369 e. The summed E-state index contributed by atoms with van der Waals surface area (Å²) in [6.45, 7) is 9.17. The number of carbonyl (C=O) groups excluding carboxylic acids is 2. The summed E-state index contributed by atoms with van der Waals surface area (Å²) in [6.07, 6.45) is 1.97. The third-order valence-electron chi connectivity index (χ3n) is 3.72. The topological polar surface area (TPSA) is 63.4 Å². The fourth-order valence-electron chi connectivity index (χ4n) is 2.37. The summed E-state index contributed by atoms with van der Waals surface area (Å²) in [6, 6.07) is 3.97. The molecule has 0 aromatic heterocycles. The number of Topliss-reactive ketones (excluding diaryl/α,β-unsaturated/α-hetero) is 1. The number of hydrogen-bond donors (Lipinski definition) is 1. The molecule has 116 valence electrons. The van der Waals surface area contributed by atoms with Crippen molar-refractivity contribution in [3.05, 3.63) is 34.4 Å². The molecule has 0 aliphatic carbocycles. The zero-order valence-corrected chi connectivity index (χ0v) is 13.5. The van der Waals surface area contributed by atoms with Crippen LogP contribution in [0.25, 0.3) is 0 Å². The average Bonchev–Trinajstić information content (AvgIpc) is 2.39. The van der Waals surface area contributed by atoms with Gasteiger partial charge in [-0.1, -0.05) is 19.4 Å². The van der Waals surface area contributed by atoms with Gasteiger partial charge in [-0.25, -0.2) is 0 Å². The normalized spacial score (nSPS) is 10.9. The van der Waals surface area contributed by atoms with Gasteiger partial charge in [-0.05, 0) is 56.5 Å². The van der Waals surface area contributed by atoms with E-state index in [1.807, 2.05) is 37.8 Å². The van der Waals surface area contributed by atoms with Crippen molar-refractivity contribution in [3.8, 4) is 0 Å². The summed E-state index contributed by atoms with van der Waals surface area (Å²) in [7, 11) is 0. The maximum atomic E-state index is 12.5. The lowest BCUT2D eigenvalue weighted by atomic mass is 9.98. The van der Waals surface area contributed by atoms with Crippen LogP contribution in [-0.2, 0) is 4.79 Å². The largest absolute Gasteiger partial charge is 0.369 e. The Morgan fingerprint density at radius 1 is 1.05 bits per heavy atom. The molecular formula is C17H26N2O2. The van der Waals surface area contributed by atoms with Gasteiger partial charge in [0.2, 0.25) is 5.91 Å². The highest BCUT2D eigenvalue weighted by atomic mass is 16.1. The highest BCUT2D eigenvalue weighted by molar-refractivity contribution is 5.99. The van der Waals surface area contributed by atoms with Crippen molar-refractivity contribution in [2.75, 3.05) is 19.6 Å². The molecule has 4 nitrogen and oxygen atoms in total. The molecule has 0 saturated carbocycles. The number of unbranched alkanes of at least 4 members (excludes halogenated alkanes) is 1. The molecule has 2 N–H and O–H groups in total. The van der Waals surface area contributed by atoms with Gasteiger partial charge in [-0.3, -0.25) is 14.5 Å². The van der Waals surface area contributed by atoms with Crippen molar-refractivity contribution in [2.45, 2.75) is 40.5 Å². The maximum absolute atomic E-state index is 12.5. The summed E-state index contributed by atoms with van der Waals surface area (Å²) < 4.78 is 0. The monoisotopic (exact) mass is 290 g/mol. The number of hydrogen-bond acceptors (Lipinski definition) is 3. The molecule has 0 unspecified atom stereocenters. The number of nitrogens with two attached hydrogens (primary N) is 1. The molecule has 0 aliphatic heterocycles. The zero-order chi connectivity index (χ0) is 16.0. The van der Waals surface area contributed by atoms with Crippen molar-refractivity contribution >= 4 is 11.7 Å². The molecule has 0 spiro atoms. The van der Waals surface area contributed by atoms with Gasteiger partial charge in [-0.15, -0.1) is 0 Å². The van der Waals surface area contributed by atoms with Gasteiger partial charge in [0, 0.05) is 5.56 Å². The number of nitrogens with zero attached hydrogens (tertiary/aromatic N) is 1. The lowest BCUT2D eigenvalue weighted by molar-refractivity contribution is -0.119. The quantitative estimate of drug-likeness (QED) is 0.748. The Hall–Kier alpha value is -1.68. The Balaban J connectivity index is 2.85. The molecule has 1 amide bonds. The minimum atomic E-state index is -0.393. The molecule has 21 heavy (non-hydrogen) atoms. The van der Waals surface area contributed by atoms with E-state index in [1.165, 1.54) is 5.56 Å². The van der Waals surface area contributed by atoms with Crippen molar-refractivity contribution in [1.29, 1.82) is 0 Å². The minimum absolute atomic E-state index is 0.0490. The Morgan fingerprint density at radius 2 is 1.67 bits per heavy atom. The number of carbonyl (C=O) groups is 2. The molecular weight excluding hydrogens is 264 g/mol. The van der Waals surface area contributed by atoms with E-state index in [1.54, 1.807) is 0 Å². The van der Waals surface area contributed by atoms with E-state index in [0.29, 0.717) is 0 Å². The first-order valence-electron chi connectivity index (χ1n) is 7.46. The van der Waals surface area contributed by atoms with Crippen LogP contribution in [0.1, 0.15) is 46.8 Å². The van der Waals surface area contributed by atoms with Crippen LogP contribution in [0.15, 0.2) is 12.1 Å². The number of benzene rings is 1. The molecule has 0 atom stereocenters. The van der Waals surface area contributed by atoms with Gasteiger partial charge in [0.05, 0.1) is 13.1 Å². The molecule has 0 saturated heterocycles. The molecule has 1 rings (SSSR count). The second-order valence-corrected chi connectivity index (χ2v) is 5.71. The summed E-state index contributed by atoms with van der Waals surface area (Å²) in [5.74, 6) is -0.344. The summed E-state index contributed by atoms with van der Waals surface area (Å²) in [4.78, 5) is 25.5. The second-order valence-electron chi connectivity index (χ2n) is 5.71. The van der Waals surface area contributed by atoms with E-state index in [2.05, 4.69) is 6.92 Å². The van der Waals surface area contributed by atoms with Crippen molar-refractivity contribution in [1.82, 2.24) is 4.90 Å². The van der Waals surface area contributed by atoms with E-state index >= 15 is 0 Å². The molecule has 1 aromatic carbocycles. The number of rotatable bonds is 8. The Labute approximate surface area is 127 Å². The molecule has 0 heterocycles. The first-order chi connectivity index (χ1) is 9.85. The fourth-order valence-corrected chi connectivity index (χ4v) is 2.37. The molecule has 0 bridgehead atoms. The van der Waals surface area contributed by atoms with Gasteiger partial charge in [0.1, 0.15) is 0 Å². The van der Waals surface area contributed by atoms with E-state index in [-0.39, 0.29) is 18.9 Å².